The first-order valence-electron chi connectivity index (χ1n) is 10.9. The lowest BCUT2D eigenvalue weighted by Crippen LogP contribution is -2.47. The summed E-state index contributed by atoms with van der Waals surface area (Å²) in [5.41, 5.74) is -1.09. The zero-order chi connectivity index (χ0) is 19.6. The number of hydrogen-bond acceptors (Lipinski definition) is 7. The molecule has 0 aromatic rings. The zero-order valence-corrected chi connectivity index (χ0v) is 15.7. The van der Waals surface area contributed by atoms with Gasteiger partial charge in [0, 0.05) is 10.8 Å². The predicted molar refractivity (Wildman–Crippen MR) is 90.1 cm³/mol. The maximum absolute atomic E-state index is 14.2. The molecule has 12 atom stereocenters. The fraction of sp³-hybridized carbons (Fsp3) is 0.773. The molecule has 0 N–H and O–H groups in total. The number of fused-ring (bicyclic) bond motifs is 11. The number of ketones is 1. The molecule has 0 amide bonds. The van der Waals surface area contributed by atoms with E-state index in [-0.39, 0.29) is 47.3 Å². The van der Waals surface area contributed by atoms with Crippen molar-refractivity contribution >= 4 is 29.7 Å². The van der Waals surface area contributed by atoms with E-state index in [0.29, 0.717) is 18.3 Å². The maximum atomic E-state index is 14.2. The van der Waals surface area contributed by atoms with E-state index in [9.17, 15) is 24.0 Å². The monoisotopic (exact) mass is 396 g/mol. The molecule has 29 heavy (non-hydrogen) atoms. The van der Waals surface area contributed by atoms with E-state index in [1.54, 1.807) is 0 Å². The smallest absolute Gasteiger partial charge is 0.317 e. The van der Waals surface area contributed by atoms with Crippen molar-refractivity contribution in [3.05, 3.63) is 0 Å². The van der Waals surface area contributed by atoms with Gasteiger partial charge in [-0.3, -0.25) is 24.0 Å². The third-order valence-electron chi connectivity index (χ3n) is 10.8. The fourth-order valence-electron chi connectivity index (χ4n) is 10.2. The molecule has 8 unspecified atom stereocenters. The van der Waals surface area contributed by atoms with Crippen LogP contribution in [0.2, 0.25) is 0 Å². The Balaban J connectivity index is 1.20. The molecule has 7 heteroatoms. The topological polar surface area (TPSA) is 104 Å². The molecule has 2 heterocycles. The Bertz CT molecular complexity index is 999. The molecular weight excluding hydrogens is 376 g/mol. The van der Waals surface area contributed by atoms with Gasteiger partial charge in [-0.1, -0.05) is 0 Å². The van der Waals surface area contributed by atoms with Crippen LogP contribution in [0.1, 0.15) is 32.1 Å². The van der Waals surface area contributed by atoms with Crippen molar-refractivity contribution in [1.29, 1.82) is 0 Å². The highest BCUT2D eigenvalue weighted by Gasteiger charge is 2.85. The van der Waals surface area contributed by atoms with Crippen molar-refractivity contribution in [2.75, 3.05) is 0 Å². The van der Waals surface area contributed by atoms with Crippen LogP contribution in [0.25, 0.3) is 0 Å². The summed E-state index contributed by atoms with van der Waals surface area (Å²) in [6, 6.07) is 0. The molecule has 2 saturated heterocycles. The summed E-state index contributed by atoms with van der Waals surface area (Å²) in [5.74, 6) is -2.24. The number of hydrogen-bond donors (Lipinski definition) is 0. The van der Waals surface area contributed by atoms with Gasteiger partial charge in [-0.05, 0) is 67.6 Å². The SMILES string of the molecule is O=C1OC(=O)[C@@H]2C1C1CC2[C@@]2(CCC3(CC4C5[C@@H]4C4C(=O)OC(=O)C4[C@@H]53)C2=O)C1. The van der Waals surface area contributed by atoms with E-state index >= 15 is 0 Å². The summed E-state index contributed by atoms with van der Waals surface area (Å²) in [7, 11) is 0. The molecule has 8 fully saturated rings. The van der Waals surface area contributed by atoms with Crippen LogP contribution in [0.5, 0.6) is 0 Å². The second kappa shape index (κ2) is 4.21. The van der Waals surface area contributed by atoms with Gasteiger partial charge in [0.1, 0.15) is 5.78 Å². The average Bonchev–Trinajstić information content (AvgIpc) is 3.28. The fourth-order valence-corrected chi connectivity index (χ4v) is 10.2. The first-order valence-corrected chi connectivity index (χ1v) is 10.9. The maximum Gasteiger partial charge on any atom is 0.317 e. The number of ether oxygens (including phenoxy) is 2. The summed E-state index contributed by atoms with van der Waals surface area (Å²) < 4.78 is 9.91. The summed E-state index contributed by atoms with van der Waals surface area (Å²) in [6.07, 6.45) is 3.69. The lowest BCUT2D eigenvalue weighted by Gasteiger charge is -2.39. The Morgan fingerprint density at radius 1 is 0.690 bits per heavy atom. The molecule has 7 nitrogen and oxygen atoms in total. The van der Waals surface area contributed by atoms with Gasteiger partial charge in [0.2, 0.25) is 0 Å². The summed E-state index contributed by atoms with van der Waals surface area (Å²) in [6.45, 7) is 0. The Morgan fingerprint density at radius 2 is 1.34 bits per heavy atom. The Kier molecular flexibility index (Phi) is 2.29. The molecule has 2 spiro atoms. The molecule has 0 aromatic heterocycles. The van der Waals surface area contributed by atoms with E-state index in [1.165, 1.54) is 0 Å². The van der Waals surface area contributed by atoms with Gasteiger partial charge in [0.25, 0.3) is 0 Å². The van der Waals surface area contributed by atoms with Gasteiger partial charge in [-0.15, -0.1) is 0 Å². The van der Waals surface area contributed by atoms with E-state index in [4.69, 9.17) is 9.47 Å². The van der Waals surface area contributed by atoms with Gasteiger partial charge < -0.3 is 9.47 Å². The highest BCUT2D eigenvalue weighted by atomic mass is 16.6. The minimum atomic E-state index is -0.549. The lowest BCUT2D eigenvalue weighted by molar-refractivity contribution is -0.156. The first-order chi connectivity index (χ1) is 13.9. The van der Waals surface area contributed by atoms with Gasteiger partial charge in [0.15, 0.2) is 0 Å². The summed E-state index contributed by atoms with van der Waals surface area (Å²) in [4.78, 5) is 63.4. The van der Waals surface area contributed by atoms with Gasteiger partial charge in [0.05, 0.1) is 23.7 Å². The van der Waals surface area contributed by atoms with E-state index in [0.717, 1.165) is 25.7 Å². The van der Waals surface area contributed by atoms with Gasteiger partial charge >= 0.3 is 23.9 Å². The van der Waals surface area contributed by atoms with Gasteiger partial charge in [-0.2, -0.15) is 0 Å². The van der Waals surface area contributed by atoms with Crippen molar-refractivity contribution in [2.24, 2.45) is 70.0 Å². The van der Waals surface area contributed by atoms with Crippen LogP contribution in [0.3, 0.4) is 0 Å². The molecular formula is C22H20O7. The molecule has 6 saturated carbocycles. The first kappa shape index (κ1) is 15.7. The van der Waals surface area contributed by atoms with Crippen LogP contribution in [0.4, 0.5) is 0 Å². The molecule has 2 bridgehead atoms. The molecule has 0 radical (unpaired) electrons. The van der Waals surface area contributed by atoms with Crippen LogP contribution < -0.4 is 0 Å². The third-order valence-corrected chi connectivity index (χ3v) is 10.8. The highest BCUT2D eigenvalue weighted by molar-refractivity contribution is 6.03. The zero-order valence-electron chi connectivity index (χ0n) is 15.7. The van der Waals surface area contributed by atoms with Crippen LogP contribution in [-0.2, 0) is 33.4 Å². The molecule has 6 aliphatic carbocycles. The van der Waals surface area contributed by atoms with Crippen molar-refractivity contribution < 1.29 is 33.4 Å². The standard InChI is InChI=1S/C22H20O7/c23-16-9-6-3-8(12(9)17(24)28-16)21(4-6)1-2-22(20(21)27)5-7-10-11(7)15(22)14-13(10)18(25)29-19(14)26/h6-15H,1-5H2/t6?,7?,8?,9?,10-,11?,12+,13?,14?,15-,21-,22?/m1/s1. The van der Waals surface area contributed by atoms with Gasteiger partial charge in [-0.25, -0.2) is 0 Å². The summed E-state index contributed by atoms with van der Waals surface area (Å²) in [5, 5.41) is 0. The number of cyclic esters (lactones) is 4. The highest BCUT2D eigenvalue weighted by Crippen LogP contribution is 2.83. The van der Waals surface area contributed by atoms with Crippen molar-refractivity contribution in [3.8, 4) is 0 Å². The Morgan fingerprint density at radius 3 is 2.14 bits per heavy atom. The minimum Gasteiger partial charge on any atom is -0.393 e. The largest absolute Gasteiger partial charge is 0.393 e. The molecule has 8 rings (SSSR count). The minimum absolute atomic E-state index is 0.0566. The number of carbonyl (C=O) groups excluding carboxylic acids is 5. The number of Topliss-reactive ketones (excluding diaryl/α,β-unsaturated/α-hetero) is 1. The van der Waals surface area contributed by atoms with E-state index < -0.39 is 40.6 Å². The van der Waals surface area contributed by atoms with E-state index in [2.05, 4.69) is 0 Å². The predicted octanol–water partition coefficient (Wildman–Crippen LogP) is 0.889. The summed E-state index contributed by atoms with van der Waals surface area (Å²) >= 11 is 0. The molecule has 2 aliphatic heterocycles. The number of carbonyl (C=O) groups is 5. The van der Waals surface area contributed by atoms with Crippen LogP contribution in [-0.4, -0.2) is 29.7 Å². The number of esters is 4. The van der Waals surface area contributed by atoms with Crippen LogP contribution in [0.15, 0.2) is 0 Å². The Hall–Kier alpha value is -2.05. The van der Waals surface area contributed by atoms with Crippen molar-refractivity contribution in [1.82, 2.24) is 0 Å². The van der Waals surface area contributed by atoms with E-state index in [1.807, 2.05) is 0 Å². The Labute approximate surface area is 165 Å². The second-order valence-corrected chi connectivity index (χ2v) is 11.1. The van der Waals surface area contributed by atoms with Crippen molar-refractivity contribution in [3.63, 3.8) is 0 Å². The lowest BCUT2D eigenvalue weighted by atomic mass is 9.60. The average molecular weight is 396 g/mol. The molecule has 150 valence electrons. The van der Waals surface area contributed by atoms with Crippen LogP contribution in [0, 0.1) is 70.0 Å². The third kappa shape index (κ3) is 1.35. The molecule has 0 aromatic carbocycles. The quantitative estimate of drug-likeness (QED) is 0.442. The van der Waals surface area contributed by atoms with Crippen LogP contribution >= 0.6 is 0 Å². The number of rotatable bonds is 0. The molecule has 8 aliphatic rings. The second-order valence-electron chi connectivity index (χ2n) is 11.1. The van der Waals surface area contributed by atoms with Crippen molar-refractivity contribution in [2.45, 2.75) is 32.1 Å². The normalized spacial score (nSPS) is 62.3.